The van der Waals surface area contributed by atoms with Crippen LogP contribution in [0, 0.1) is 6.92 Å². The van der Waals surface area contributed by atoms with Crippen LogP contribution in [0.4, 0.5) is 0 Å². The van der Waals surface area contributed by atoms with Gasteiger partial charge in [-0.1, -0.05) is 40.9 Å². The molecular weight excluding hydrogens is 335 g/mol. The number of halogens is 2. The summed E-state index contributed by atoms with van der Waals surface area (Å²) in [5.41, 5.74) is 1.29. The van der Waals surface area contributed by atoms with Crippen molar-refractivity contribution in [3.8, 4) is 17.2 Å². The molecule has 0 saturated heterocycles. The maximum absolute atomic E-state index is 12.6. The second-order valence-electron chi connectivity index (χ2n) is 4.93. The van der Waals surface area contributed by atoms with E-state index in [9.17, 15) is 4.79 Å². The van der Waals surface area contributed by atoms with Crippen LogP contribution in [0.5, 0.6) is 11.5 Å². The number of benzene rings is 2. The van der Waals surface area contributed by atoms with Crippen LogP contribution in [0.2, 0.25) is 10.0 Å². The molecule has 3 aromatic rings. The molecule has 0 bridgehead atoms. The monoisotopic (exact) mass is 346 g/mol. The van der Waals surface area contributed by atoms with Gasteiger partial charge in [-0.25, -0.2) is 0 Å². The lowest BCUT2D eigenvalue weighted by Crippen LogP contribution is -2.22. The first-order chi connectivity index (χ1) is 11.0. The number of aryl methyl sites for hydroxylation is 1. The van der Waals surface area contributed by atoms with Crippen LogP contribution in [0.25, 0.3) is 5.69 Å². The van der Waals surface area contributed by atoms with Crippen molar-refractivity contribution in [3.05, 3.63) is 80.7 Å². The summed E-state index contributed by atoms with van der Waals surface area (Å²) in [4.78, 5) is 12.6. The van der Waals surface area contributed by atoms with E-state index in [0.29, 0.717) is 16.5 Å². The first-order valence-electron chi connectivity index (χ1n) is 6.83. The predicted molar refractivity (Wildman–Crippen MR) is 91.1 cm³/mol. The molecule has 3 rings (SSSR count). The van der Waals surface area contributed by atoms with Crippen molar-refractivity contribution in [1.29, 1.82) is 0 Å². The van der Waals surface area contributed by atoms with Crippen molar-refractivity contribution in [2.75, 3.05) is 0 Å². The van der Waals surface area contributed by atoms with Crippen LogP contribution in [0.1, 0.15) is 5.56 Å². The Hall–Kier alpha value is -2.30. The molecule has 0 atom stereocenters. The first kappa shape index (κ1) is 15.6. The van der Waals surface area contributed by atoms with Gasteiger partial charge < -0.3 is 4.74 Å². The average molecular weight is 347 g/mol. The fourth-order valence-corrected chi connectivity index (χ4v) is 2.29. The third kappa shape index (κ3) is 3.38. The van der Waals surface area contributed by atoms with Crippen LogP contribution in [0.3, 0.4) is 0 Å². The van der Waals surface area contributed by atoms with Crippen LogP contribution in [0.15, 0.2) is 59.5 Å². The highest BCUT2D eigenvalue weighted by Gasteiger charge is 2.13. The Morgan fingerprint density at radius 2 is 1.65 bits per heavy atom. The SMILES string of the molecule is Cc1ccc(-n2ncc(Cl)c(Oc3ccc(Cl)cc3)c2=O)cc1. The second-order valence-corrected chi connectivity index (χ2v) is 5.77. The third-order valence-electron chi connectivity index (χ3n) is 3.20. The van der Waals surface area contributed by atoms with Crippen molar-refractivity contribution in [2.45, 2.75) is 6.92 Å². The first-order valence-corrected chi connectivity index (χ1v) is 7.58. The van der Waals surface area contributed by atoms with E-state index in [1.807, 2.05) is 31.2 Å². The van der Waals surface area contributed by atoms with Crippen LogP contribution >= 0.6 is 23.2 Å². The van der Waals surface area contributed by atoms with Gasteiger partial charge in [-0.3, -0.25) is 4.79 Å². The van der Waals surface area contributed by atoms with Gasteiger partial charge in [0.05, 0.1) is 11.9 Å². The maximum Gasteiger partial charge on any atom is 0.316 e. The van der Waals surface area contributed by atoms with E-state index < -0.39 is 5.56 Å². The molecule has 23 heavy (non-hydrogen) atoms. The largest absolute Gasteiger partial charge is 0.450 e. The van der Waals surface area contributed by atoms with E-state index >= 15 is 0 Å². The topological polar surface area (TPSA) is 44.1 Å². The molecule has 2 aromatic carbocycles. The maximum atomic E-state index is 12.6. The van der Waals surface area contributed by atoms with Gasteiger partial charge in [0.15, 0.2) is 0 Å². The zero-order chi connectivity index (χ0) is 16.4. The Bertz CT molecular complexity index is 888. The fourth-order valence-electron chi connectivity index (χ4n) is 2.00. The summed E-state index contributed by atoms with van der Waals surface area (Å²) in [6.07, 6.45) is 1.38. The van der Waals surface area contributed by atoms with Gasteiger partial charge in [0, 0.05) is 5.02 Å². The lowest BCUT2D eigenvalue weighted by molar-refractivity contribution is 0.468. The van der Waals surface area contributed by atoms with Crippen molar-refractivity contribution in [3.63, 3.8) is 0 Å². The summed E-state index contributed by atoms with van der Waals surface area (Å²) < 4.78 is 6.86. The molecule has 0 aliphatic carbocycles. The van der Waals surface area contributed by atoms with Gasteiger partial charge in [-0.15, -0.1) is 0 Å². The molecule has 0 fully saturated rings. The summed E-state index contributed by atoms with van der Waals surface area (Å²) in [7, 11) is 0. The molecule has 0 unspecified atom stereocenters. The van der Waals surface area contributed by atoms with E-state index in [2.05, 4.69) is 5.10 Å². The van der Waals surface area contributed by atoms with E-state index in [4.69, 9.17) is 27.9 Å². The predicted octanol–water partition coefficient (Wildman–Crippen LogP) is 4.64. The van der Waals surface area contributed by atoms with Crippen molar-refractivity contribution in [2.24, 2.45) is 0 Å². The minimum absolute atomic E-state index is 0.0181. The van der Waals surface area contributed by atoms with Gasteiger partial charge in [-0.2, -0.15) is 9.78 Å². The fraction of sp³-hybridized carbons (Fsp3) is 0.0588. The zero-order valence-electron chi connectivity index (χ0n) is 12.2. The lowest BCUT2D eigenvalue weighted by Gasteiger charge is -2.10. The molecule has 0 radical (unpaired) electrons. The Kier molecular flexibility index (Phi) is 4.37. The number of hydrogen-bond acceptors (Lipinski definition) is 3. The van der Waals surface area contributed by atoms with Crippen LogP contribution in [-0.4, -0.2) is 9.78 Å². The molecule has 0 aliphatic rings. The molecule has 0 N–H and O–H groups in total. The summed E-state index contributed by atoms with van der Waals surface area (Å²) in [6, 6.07) is 14.1. The minimum atomic E-state index is -0.434. The van der Waals surface area contributed by atoms with Gasteiger partial charge in [0.1, 0.15) is 10.8 Å². The second kappa shape index (κ2) is 6.44. The average Bonchev–Trinajstić information content (AvgIpc) is 2.54. The van der Waals surface area contributed by atoms with Crippen molar-refractivity contribution < 1.29 is 4.74 Å². The van der Waals surface area contributed by atoms with Gasteiger partial charge in [0.2, 0.25) is 5.75 Å². The van der Waals surface area contributed by atoms with Crippen molar-refractivity contribution in [1.82, 2.24) is 9.78 Å². The summed E-state index contributed by atoms with van der Waals surface area (Å²) >= 11 is 11.9. The number of hydrogen-bond donors (Lipinski definition) is 0. The summed E-state index contributed by atoms with van der Waals surface area (Å²) in [6.45, 7) is 1.97. The standard InChI is InChI=1S/C17H12Cl2N2O2/c1-11-2-6-13(7-3-11)21-17(22)16(15(19)10-20-21)23-14-8-4-12(18)5-9-14/h2-10H,1H3. The number of aromatic nitrogens is 2. The van der Waals surface area contributed by atoms with E-state index in [1.54, 1.807) is 24.3 Å². The Morgan fingerprint density at radius 1 is 1.00 bits per heavy atom. The van der Waals surface area contributed by atoms with Crippen LogP contribution < -0.4 is 10.3 Å². The molecule has 0 saturated carbocycles. The van der Waals surface area contributed by atoms with Gasteiger partial charge in [-0.05, 0) is 43.3 Å². The summed E-state index contributed by atoms with van der Waals surface area (Å²) in [5.74, 6) is 0.486. The normalized spacial score (nSPS) is 10.6. The Balaban J connectivity index is 2.03. The lowest BCUT2D eigenvalue weighted by atomic mass is 10.2. The molecule has 0 spiro atoms. The molecule has 1 heterocycles. The highest BCUT2D eigenvalue weighted by Crippen LogP contribution is 2.26. The highest BCUT2D eigenvalue weighted by atomic mass is 35.5. The van der Waals surface area contributed by atoms with Crippen molar-refractivity contribution >= 4 is 23.2 Å². The molecule has 0 amide bonds. The number of nitrogens with zero attached hydrogens (tertiary/aromatic N) is 2. The van der Waals surface area contributed by atoms with E-state index in [0.717, 1.165) is 5.56 Å². The molecule has 1 aromatic heterocycles. The smallest absolute Gasteiger partial charge is 0.316 e. The number of ether oxygens (including phenoxy) is 1. The minimum Gasteiger partial charge on any atom is -0.450 e. The molecule has 0 aliphatic heterocycles. The Labute approximate surface area is 142 Å². The summed E-state index contributed by atoms with van der Waals surface area (Å²) in [5, 5.41) is 4.79. The molecular formula is C17H12Cl2N2O2. The van der Waals surface area contributed by atoms with E-state index in [1.165, 1.54) is 10.9 Å². The zero-order valence-corrected chi connectivity index (χ0v) is 13.7. The molecule has 6 heteroatoms. The van der Waals surface area contributed by atoms with Crippen LogP contribution in [-0.2, 0) is 0 Å². The molecule has 116 valence electrons. The van der Waals surface area contributed by atoms with Gasteiger partial charge in [0.25, 0.3) is 0 Å². The Morgan fingerprint density at radius 3 is 2.30 bits per heavy atom. The third-order valence-corrected chi connectivity index (χ3v) is 3.72. The highest BCUT2D eigenvalue weighted by molar-refractivity contribution is 6.32. The molecule has 4 nitrogen and oxygen atoms in total. The van der Waals surface area contributed by atoms with E-state index in [-0.39, 0.29) is 10.8 Å². The number of rotatable bonds is 3. The quantitative estimate of drug-likeness (QED) is 0.693. The van der Waals surface area contributed by atoms with Gasteiger partial charge >= 0.3 is 5.56 Å².